The number of nitrogens with one attached hydrogen (secondary N) is 1. The molecule has 8 heteroatoms. The highest BCUT2D eigenvalue weighted by Crippen LogP contribution is 2.26. The van der Waals surface area contributed by atoms with Crippen LogP contribution in [0.15, 0.2) is 42.5 Å². The van der Waals surface area contributed by atoms with Gasteiger partial charge in [-0.1, -0.05) is 0 Å². The van der Waals surface area contributed by atoms with Crippen LogP contribution >= 0.6 is 0 Å². The Morgan fingerprint density at radius 1 is 1.07 bits per heavy atom. The van der Waals surface area contributed by atoms with E-state index in [2.05, 4.69) is 5.32 Å². The molecule has 2 N–H and O–H groups in total. The normalized spacial score (nSPS) is 11.6. The first-order valence-corrected chi connectivity index (χ1v) is 8.58. The van der Waals surface area contributed by atoms with Crippen molar-refractivity contribution in [1.82, 2.24) is 5.32 Å². The van der Waals surface area contributed by atoms with E-state index < -0.39 is 23.8 Å². The maximum absolute atomic E-state index is 13.0. The lowest BCUT2D eigenvalue weighted by Crippen LogP contribution is -2.40. The Morgan fingerprint density at radius 2 is 1.71 bits per heavy atom. The number of ether oxygens (including phenoxy) is 3. The Balaban J connectivity index is 2.09. The fourth-order valence-corrected chi connectivity index (χ4v) is 2.31. The van der Waals surface area contributed by atoms with Gasteiger partial charge in [0.2, 0.25) is 6.10 Å². The Bertz CT molecular complexity index is 822. The zero-order valence-corrected chi connectivity index (χ0v) is 15.8. The molecule has 0 aromatic heterocycles. The van der Waals surface area contributed by atoms with Gasteiger partial charge < -0.3 is 24.6 Å². The van der Waals surface area contributed by atoms with Gasteiger partial charge >= 0.3 is 5.97 Å². The second-order valence-corrected chi connectivity index (χ2v) is 6.14. The summed E-state index contributed by atoms with van der Waals surface area (Å²) in [4.78, 5) is 24.0. The zero-order chi connectivity index (χ0) is 20.7. The smallest absolute Gasteiger partial charge is 0.346 e. The van der Waals surface area contributed by atoms with Crippen molar-refractivity contribution < 1.29 is 33.3 Å². The fraction of sp³-hybridized carbons (Fsp3) is 0.300. The van der Waals surface area contributed by atoms with Crippen LogP contribution in [0.5, 0.6) is 17.2 Å². The van der Waals surface area contributed by atoms with Crippen LogP contribution in [0.1, 0.15) is 24.2 Å². The number of carboxylic acid groups (broad SMARTS) is 1. The summed E-state index contributed by atoms with van der Waals surface area (Å²) in [6.07, 6.45) is -1.52. The molecule has 0 spiro atoms. The standard InChI is InChI=1S/C20H22FNO6/c1-12(2)27-17-10-15(26-3)8-9-16(17)19(23)22-11-18(20(24)25)28-14-6-4-13(21)5-7-14/h4-10,12,18H,11H2,1-3H3,(H,22,23)(H,24,25). The summed E-state index contributed by atoms with van der Waals surface area (Å²) < 4.78 is 29.1. The predicted molar refractivity (Wildman–Crippen MR) is 99.5 cm³/mol. The Morgan fingerprint density at radius 3 is 2.29 bits per heavy atom. The van der Waals surface area contributed by atoms with Crippen molar-refractivity contribution in [2.45, 2.75) is 26.1 Å². The van der Waals surface area contributed by atoms with Crippen molar-refractivity contribution in [2.75, 3.05) is 13.7 Å². The highest BCUT2D eigenvalue weighted by atomic mass is 19.1. The van der Waals surface area contributed by atoms with Gasteiger partial charge in [-0.15, -0.1) is 0 Å². The first-order chi connectivity index (χ1) is 13.3. The van der Waals surface area contributed by atoms with Gasteiger partial charge in [-0.2, -0.15) is 0 Å². The quantitative estimate of drug-likeness (QED) is 0.683. The summed E-state index contributed by atoms with van der Waals surface area (Å²) in [6, 6.07) is 9.64. The Hall–Kier alpha value is -3.29. The molecular formula is C20H22FNO6. The lowest BCUT2D eigenvalue weighted by molar-refractivity contribution is -0.144. The van der Waals surface area contributed by atoms with E-state index in [0.717, 1.165) is 12.1 Å². The van der Waals surface area contributed by atoms with E-state index in [0.29, 0.717) is 11.5 Å². The molecule has 0 aliphatic heterocycles. The summed E-state index contributed by atoms with van der Waals surface area (Å²) in [5.41, 5.74) is 0.237. The van der Waals surface area contributed by atoms with Gasteiger partial charge in [-0.3, -0.25) is 4.79 Å². The minimum absolute atomic E-state index is 0.174. The molecule has 0 fully saturated rings. The molecule has 150 valence electrons. The molecule has 0 aliphatic rings. The Kier molecular flexibility index (Phi) is 7.20. The molecule has 0 saturated heterocycles. The number of rotatable bonds is 9. The van der Waals surface area contributed by atoms with Gasteiger partial charge in [0.15, 0.2) is 0 Å². The summed E-state index contributed by atoms with van der Waals surface area (Å²) in [7, 11) is 1.50. The number of amides is 1. The van der Waals surface area contributed by atoms with Crippen molar-refractivity contribution in [1.29, 1.82) is 0 Å². The first-order valence-electron chi connectivity index (χ1n) is 8.58. The second-order valence-electron chi connectivity index (χ2n) is 6.14. The number of carbonyl (C=O) groups excluding carboxylic acids is 1. The van der Waals surface area contributed by atoms with E-state index in [1.165, 1.54) is 25.3 Å². The Labute approximate surface area is 162 Å². The van der Waals surface area contributed by atoms with Crippen LogP contribution in [-0.2, 0) is 4.79 Å². The van der Waals surface area contributed by atoms with Crippen LogP contribution in [0.25, 0.3) is 0 Å². The monoisotopic (exact) mass is 391 g/mol. The lowest BCUT2D eigenvalue weighted by Gasteiger charge is -2.18. The molecule has 0 saturated carbocycles. The highest BCUT2D eigenvalue weighted by molar-refractivity contribution is 5.97. The topological polar surface area (TPSA) is 94.1 Å². The summed E-state index contributed by atoms with van der Waals surface area (Å²) in [6.45, 7) is 3.34. The third-order valence-corrected chi connectivity index (χ3v) is 3.61. The fourth-order valence-electron chi connectivity index (χ4n) is 2.31. The van der Waals surface area contributed by atoms with Gasteiger partial charge in [0.05, 0.1) is 25.3 Å². The first kappa shape index (κ1) is 21.0. The van der Waals surface area contributed by atoms with Gasteiger partial charge in [0.25, 0.3) is 5.91 Å². The third kappa shape index (κ3) is 5.87. The number of methoxy groups -OCH3 is 1. The molecular weight excluding hydrogens is 369 g/mol. The highest BCUT2D eigenvalue weighted by Gasteiger charge is 2.22. The van der Waals surface area contributed by atoms with E-state index in [9.17, 15) is 19.1 Å². The average Bonchev–Trinajstić information content (AvgIpc) is 2.65. The molecule has 2 aromatic rings. The molecule has 2 aromatic carbocycles. The lowest BCUT2D eigenvalue weighted by atomic mass is 10.1. The van der Waals surface area contributed by atoms with Crippen molar-refractivity contribution >= 4 is 11.9 Å². The van der Waals surface area contributed by atoms with E-state index >= 15 is 0 Å². The summed E-state index contributed by atoms with van der Waals surface area (Å²) >= 11 is 0. The predicted octanol–water partition coefficient (Wildman–Crippen LogP) is 2.88. The number of carboxylic acids is 1. The average molecular weight is 391 g/mol. The van der Waals surface area contributed by atoms with E-state index in [4.69, 9.17) is 14.2 Å². The minimum Gasteiger partial charge on any atom is -0.497 e. The van der Waals surface area contributed by atoms with Gasteiger partial charge in [0.1, 0.15) is 23.1 Å². The molecule has 7 nitrogen and oxygen atoms in total. The van der Waals surface area contributed by atoms with Crippen molar-refractivity contribution in [3.63, 3.8) is 0 Å². The maximum Gasteiger partial charge on any atom is 0.346 e. The number of halogens is 1. The van der Waals surface area contributed by atoms with E-state index in [-0.39, 0.29) is 24.0 Å². The van der Waals surface area contributed by atoms with Crippen molar-refractivity contribution in [3.05, 3.63) is 53.8 Å². The zero-order valence-electron chi connectivity index (χ0n) is 15.8. The van der Waals surface area contributed by atoms with Gasteiger partial charge in [-0.25, -0.2) is 9.18 Å². The van der Waals surface area contributed by atoms with E-state index in [1.807, 2.05) is 13.8 Å². The molecule has 28 heavy (non-hydrogen) atoms. The van der Waals surface area contributed by atoms with Gasteiger partial charge in [0, 0.05) is 6.07 Å². The van der Waals surface area contributed by atoms with Crippen LogP contribution in [0.3, 0.4) is 0 Å². The summed E-state index contributed by atoms with van der Waals surface area (Å²) in [5, 5.41) is 11.8. The van der Waals surface area contributed by atoms with E-state index in [1.54, 1.807) is 12.1 Å². The third-order valence-electron chi connectivity index (χ3n) is 3.61. The molecule has 0 heterocycles. The SMILES string of the molecule is COc1ccc(C(=O)NCC(Oc2ccc(F)cc2)C(=O)O)c(OC(C)C)c1. The van der Waals surface area contributed by atoms with Crippen LogP contribution in [0.4, 0.5) is 4.39 Å². The summed E-state index contributed by atoms with van der Waals surface area (Å²) in [5.74, 6) is -1.24. The molecule has 0 radical (unpaired) electrons. The molecule has 0 aliphatic carbocycles. The largest absolute Gasteiger partial charge is 0.497 e. The number of benzene rings is 2. The molecule has 0 bridgehead atoms. The minimum atomic E-state index is -1.35. The molecule has 1 unspecified atom stereocenters. The molecule has 1 atom stereocenters. The van der Waals surface area contributed by atoms with Gasteiger partial charge in [-0.05, 0) is 50.2 Å². The van der Waals surface area contributed by atoms with Crippen molar-refractivity contribution in [3.8, 4) is 17.2 Å². The molecule has 1 amide bonds. The van der Waals surface area contributed by atoms with Crippen LogP contribution in [0, 0.1) is 5.82 Å². The second kappa shape index (κ2) is 9.59. The number of hydrogen-bond acceptors (Lipinski definition) is 5. The number of aliphatic carboxylic acids is 1. The number of hydrogen-bond donors (Lipinski definition) is 2. The number of carbonyl (C=O) groups is 2. The van der Waals surface area contributed by atoms with Crippen LogP contribution in [0.2, 0.25) is 0 Å². The van der Waals surface area contributed by atoms with Crippen LogP contribution < -0.4 is 19.5 Å². The molecule has 2 rings (SSSR count). The van der Waals surface area contributed by atoms with Crippen LogP contribution in [-0.4, -0.2) is 42.8 Å². The maximum atomic E-state index is 13.0. The van der Waals surface area contributed by atoms with Crippen molar-refractivity contribution in [2.24, 2.45) is 0 Å².